The van der Waals surface area contributed by atoms with Crippen LogP contribution in [-0.2, 0) is 6.42 Å². The highest BCUT2D eigenvalue weighted by atomic mass is 79.9. The van der Waals surface area contributed by atoms with Crippen LogP contribution in [0.25, 0.3) is 0 Å². The minimum absolute atomic E-state index is 0.137. The number of fused-ring (bicyclic) bond motifs is 1. The molecule has 1 aliphatic rings. The Kier molecular flexibility index (Phi) is 3.46. The predicted octanol–water partition coefficient (Wildman–Crippen LogP) is 4.17. The summed E-state index contributed by atoms with van der Waals surface area (Å²) < 4.78 is 1.15. The first-order chi connectivity index (χ1) is 8.75. The second kappa shape index (κ2) is 5.08. The molecule has 3 rings (SSSR count). The Hall–Kier alpha value is -0.770. The van der Waals surface area contributed by atoms with Crippen LogP contribution >= 0.6 is 27.7 Å². The van der Waals surface area contributed by atoms with Gasteiger partial charge in [-0.3, -0.25) is 0 Å². The normalized spacial score (nSPS) is 21.9. The van der Waals surface area contributed by atoms with E-state index in [1.165, 1.54) is 16.0 Å². The highest BCUT2D eigenvalue weighted by Crippen LogP contribution is 2.41. The standard InChI is InChI=1S/C15H14BrNS/c16-12-7-3-4-8-13(12)18-14-9-10-5-1-2-6-11(10)15(14)17/h1-8,14-15H,9,17H2. The van der Waals surface area contributed by atoms with Crippen molar-refractivity contribution in [2.75, 3.05) is 0 Å². The Bertz CT molecular complexity index is 570. The van der Waals surface area contributed by atoms with E-state index in [-0.39, 0.29) is 6.04 Å². The van der Waals surface area contributed by atoms with Gasteiger partial charge in [0.1, 0.15) is 0 Å². The van der Waals surface area contributed by atoms with E-state index in [4.69, 9.17) is 5.73 Å². The molecule has 2 unspecified atom stereocenters. The summed E-state index contributed by atoms with van der Waals surface area (Å²) in [5.74, 6) is 0. The van der Waals surface area contributed by atoms with Crippen LogP contribution in [0.4, 0.5) is 0 Å². The summed E-state index contributed by atoms with van der Waals surface area (Å²) in [6, 6.07) is 17.0. The van der Waals surface area contributed by atoms with Gasteiger partial charge >= 0.3 is 0 Å². The molecule has 0 spiro atoms. The molecule has 1 aliphatic carbocycles. The van der Waals surface area contributed by atoms with Crippen LogP contribution in [0, 0.1) is 0 Å². The third-order valence-corrected chi connectivity index (χ3v) is 5.68. The molecule has 0 heterocycles. The van der Waals surface area contributed by atoms with Gasteiger partial charge < -0.3 is 5.73 Å². The van der Waals surface area contributed by atoms with E-state index in [0.29, 0.717) is 5.25 Å². The van der Waals surface area contributed by atoms with E-state index in [1.807, 2.05) is 17.8 Å². The summed E-state index contributed by atoms with van der Waals surface area (Å²) in [5, 5.41) is 0.432. The van der Waals surface area contributed by atoms with Crippen molar-refractivity contribution < 1.29 is 0 Å². The van der Waals surface area contributed by atoms with Crippen molar-refractivity contribution in [1.82, 2.24) is 0 Å². The van der Waals surface area contributed by atoms with E-state index < -0.39 is 0 Å². The van der Waals surface area contributed by atoms with Crippen molar-refractivity contribution in [1.29, 1.82) is 0 Å². The summed E-state index contributed by atoms with van der Waals surface area (Å²) in [6.45, 7) is 0. The highest BCUT2D eigenvalue weighted by molar-refractivity contribution is 9.10. The van der Waals surface area contributed by atoms with Gasteiger partial charge in [-0.15, -0.1) is 11.8 Å². The molecule has 92 valence electrons. The van der Waals surface area contributed by atoms with Gasteiger partial charge in [-0.1, -0.05) is 36.4 Å². The Morgan fingerprint density at radius 1 is 1.06 bits per heavy atom. The van der Waals surface area contributed by atoms with Crippen molar-refractivity contribution in [3.8, 4) is 0 Å². The van der Waals surface area contributed by atoms with Crippen LogP contribution in [-0.4, -0.2) is 5.25 Å². The van der Waals surface area contributed by atoms with Crippen LogP contribution in [0.1, 0.15) is 17.2 Å². The second-order valence-electron chi connectivity index (χ2n) is 4.52. The number of hydrogen-bond donors (Lipinski definition) is 1. The predicted molar refractivity (Wildman–Crippen MR) is 80.9 cm³/mol. The second-order valence-corrected chi connectivity index (χ2v) is 6.65. The van der Waals surface area contributed by atoms with E-state index in [0.717, 1.165) is 10.9 Å². The zero-order valence-corrected chi connectivity index (χ0v) is 12.2. The van der Waals surface area contributed by atoms with Crippen molar-refractivity contribution in [2.24, 2.45) is 5.73 Å². The Morgan fingerprint density at radius 2 is 1.78 bits per heavy atom. The maximum absolute atomic E-state index is 6.35. The molecule has 0 saturated heterocycles. The largest absolute Gasteiger partial charge is 0.323 e. The van der Waals surface area contributed by atoms with Gasteiger partial charge in [0.25, 0.3) is 0 Å². The first-order valence-corrected chi connectivity index (χ1v) is 7.67. The molecule has 3 heteroatoms. The van der Waals surface area contributed by atoms with Crippen LogP contribution in [0.5, 0.6) is 0 Å². The Balaban J connectivity index is 1.83. The third-order valence-electron chi connectivity index (χ3n) is 3.35. The zero-order chi connectivity index (χ0) is 12.5. The summed E-state index contributed by atoms with van der Waals surface area (Å²) >= 11 is 5.47. The lowest BCUT2D eigenvalue weighted by molar-refractivity contribution is 0.731. The fourth-order valence-electron chi connectivity index (χ4n) is 2.41. The number of benzene rings is 2. The highest BCUT2D eigenvalue weighted by Gasteiger charge is 2.30. The first kappa shape index (κ1) is 12.3. The summed E-state index contributed by atoms with van der Waals surface area (Å²) in [6.07, 6.45) is 1.06. The van der Waals surface area contributed by atoms with Gasteiger partial charge in [0, 0.05) is 20.7 Å². The minimum atomic E-state index is 0.137. The molecule has 1 nitrogen and oxygen atoms in total. The van der Waals surface area contributed by atoms with Crippen molar-refractivity contribution in [2.45, 2.75) is 22.6 Å². The molecule has 0 bridgehead atoms. The van der Waals surface area contributed by atoms with Crippen LogP contribution in [0.2, 0.25) is 0 Å². The summed E-state index contributed by atoms with van der Waals surface area (Å²) in [7, 11) is 0. The Morgan fingerprint density at radius 3 is 2.56 bits per heavy atom. The lowest BCUT2D eigenvalue weighted by Gasteiger charge is -2.16. The van der Waals surface area contributed by atoms with Crippen LogP contribution < -0.4 is 5.73 Å². The molecule has 2 aromatic rings. The molecule has 2 N–H and O–H groups in total. The van der Waals surface area contributed by atoms with E-state index in [1.54, 1.807) is 0 Å². The topological polar surface area (TPSA) is 26.0 Å². The van der Waals surface area contributed by atoms with Crippen LogP contribution in [0.15, 0.2) is 57.9 Å². The van der Waals surface area contributed by atoms with E-state index in [9.17, 15) is 0 Å². The minimum Gasteiger partial charge on any atom is -0.323 e. The van der Waals surface area contributed by atoms with Gasteiger partial charge in [0.15, 0.2) is 0 Å². The number of halogens is 1. The molecule has 2 atom stereocenters. The van der Waals surface area contributed by atoms with Crippen LogP contribution in [0.3, 0.4) is 0 Å². The summed E-state index contributed by atoms with van der Waals surface area (Å²) in [5.41, 5.74) is 9.06. The van der Waals surface area contributed by atoms with E-state index in [2.05, 4.69) is 58.4 Å². The quantitative estimate of drug-likeness (QED) is 0.899. The number of thioether (sulfide) groups is 1. The monoisotopic (exact) mass is 319 g/mol. The van der Waals surface area contributed by atoms with Gasteiger partial charge in [-0.05, 0) is 45.6 Å². The van der Waals surface area contributed by atoms with Gasteiger partial charge in [0.05, 0.1) is 0 Å². The number of nitrogens with two attached hydrogens (primary N) is 1. The molecule has 0 amide bonds. The maximum atomic E-state index is 6.35. The lowest BCUT2D eigenvalue weighted by Crippen LogP contribution is -2.18. The molecule has 0 fully saturated rings. The molecule has 0 aromatic heterocycles. The maximum Gasteiger partial charge on any atom is 0.0425 e. The summed E-state index contributed by atoms with van der Waals surface area (Å²) in [4.78, 5) is 1.27. The third kappa shape index (κ3) is 2.22. The molecule has 0 radical (unpaired) electrons. The fourth-order valence-corrected chi connectivity index (χ4v) is 4.19. The first-order valence-electron chi connectivity index (χ1n) is 6.00. The van der Waals surface area contributed by atoms with Gasteiger partial charge in [-0.2, -0.15) is 0 Å². The molecule has 0 aliphatic heterocycles. The number of hydrogen-bond acceptors (Lipinski definition) is 2. The average molecular weight is 320 g/mol. The zero-order valence-electron chi connectivity index (χ0n) is 9.84. The Labute approximate surface area is 120 Å². The molecular formula is C15H14BrNS. The number of rotatable bonds is 2. The molecule has 0 saturated carbocycles. The SMILES string of the molecule is NC1c2ccccc2CC1Sc1ccccc1Br. The molecular weight excluding hydrogens is 306 g/mol. The van der Waals surface area contributed by atoms with Gasteiger partial charge in [-0.25, -0.2) is 0 Å². The lowest BCUT2D eigenvalue weighted by atomic mass is 10.1. The van der Waals surface area contributed by atoms with Crippen molar-refractivity contribution >= 4 is 27.7 Å². The molecule has 18 heavy (non-hydrogen) atoms. The fraction of sp³-hybridized carbons (Fsp3) is 0.200. The van der Waals surface area contributed by atoms with E-state index >= 15 is 0 Å². The molecule has 2 aromatic carbocycles. The van der Waals surface area contributed by atoms with Gasteiger partial charge in [0.2, 0.25) is 0 Å². The van der Waals surface area contributed by atoms with Crippen molar-refractivity contribution in [3.63, 3.8) is 0 Å². The van der Waals surface area contributed by atoms with Crippen molar-refractivity contribution in [3.05, 3.63) is 64.1 Å². The average Bonchev–Trinajstić information content (AvgIpc) is 2.70. The smallest absolute Gasteiger partial charge is 0.0425 e.